The summed E-state index contributed by atoms with van der Waals surface area (Å²) < 4.78 is 6.01. The molecule has 0 amide bonds. The van der Waals surface area contributed by atoms with E-state index < -0.39 is 8.32 Å². The molecule has 0 N–H and O–H groups in total. The Morgan fingerprint density at radius 1 is 1.00 bits per heavy atom. The van der Waals surface area contributed by atoms with Crippen LogP contribution in [0, 0.1) is 28.4 Å². The van der Waals surface area contributed by atoms with Gasteiger partial charge in [0.25, 0.3) is 0 Å². The summed E-state index contributed by atoms with van der Waals surface area (Å²) >= 11 is 0. The fourth-order valence-electron chi connectivity index (χ4n) is 2.85. The van der Waals surface area contributed by atoms with Gasteiger partial charge in [-0.05, 0) is 6.92 Å². The van der Waals surface area contributed by atoms with Crippen molar-refractivity contribution in [3.63, 3.8) is 0 Å². The zero-order valence-corrected chi connectivity index (χ0v) is 19.9. The molecule has 3 heteroatoms. The van der Waals surface area contributed by atoms with Crippen molar-refractivity contribution in [3.8, 4) is 0 Å². The van der Waals surface area contributed by atoms with Gasteiger partial charge in [0.15, 0.2) is 0 Å². The third kappa shape index (κ3) is 11.5. The minimum atomic E-state index is -1.65. The van der Waals surface area contributed by atoms with E-state index in [0.717, 1.165) is 13.0 Å². The Morgan fingerprint density at radius 3 is 2.13 bits per heavy atom. The zero-order chi connectivity index (χ0) is 14.1. The van der Waals surface area contributed by atoms with Crippen LogP contribution in [-0.2, 0) is 25.5 Å². The quantitative estimate of drug-likeness (QED) is 0.173. The number of rotatable bonds is 10. The Morgan fingerprint density at radius 2 is 1.57 bits per heavy atom. The Labute approximate surface area is 163 Å². The van der Waals surface area contributed by atoms with E-state index in [-0.39, 0.29) is 43.3 Å². The normalized spacial score (nSPS) is 12.9. The second kappa shape index (κ2) is 17.2. The fourth-order valence-corrected chi connectivity index (χ4v) is 5.26. The Kier molecular flexibility index (Phi) is 23.3. The fraction of sp³-hybridized carbons (Fsp3) is 0.650. The summed E-state index contributed by atoms with van der Waals surface area (Å²) in [7, 11) is -1.65. The van der Waals surface area contributed by atoms with Crippen LogP contribution >= 0.6 is 0 Å². The van der Waals surface area contributed by atoms with Gasteiger partial charge in [0.2, 0.25) is 0 Å². The summed E-state index contributed by atoms with van der Waals surface area (Å²) in [6.07, 6.45) is 16.3. The van der Waals surface area contributed by atoms with E-state index in [1.165, 1.54) is 55.7 Å². The van der Waals surface area contributed by atoms with Crippen LogP contribution in [0.25, 0.3) is 0 Å². The molecule has 23 heavy (non-hydrogen) atoms. The third-order valence-electron chi connectivity index (χ3n) is 3.88. The summed E-state index contributed by atoms with van der Waals surface area (Å²) in [6, 6.07) is 0. The SMILES string of the molecule is CCCCCCCCC1=[C-]CC=C1[Si](C)(C)OCC.[CH3-].[CH3-].[CH3-].[Pt+4]. The van der Waals surface area contributed by atoms with Crippen LogP contribution in [-0.4, -0.2) is 14.9 Å². The van der Waals surface area contributed by atoms with E-state index in [4.69, 9.17) is 4.43 Å². The van der Waals surface area contributed by atoms with Crippen molar-refractivity contribution in [3.05, 3.63) is 45.2 Å². The monoisotopic (exact) mass is 519 g/mol. The third-order valence-corrected chi connectivity index (χ3v) is 6.69. The average Bonchev–Trinajstić information content (AvgIpc) is 2.82. The number of allylic oxidation sites excluding steroid dienone is 4. The molecule has 0 atom stereocenters. The molecule has 0 aromatic carbocycles. The van der Waals surface area contributed by atoms with Gasteiger partial charge in [-0.3, -0.25) is 6.08 Å². The molecule has 0 bridgehead atoms. The minimum absolute atomic E-state index is 0. The molecule has 0 aliphatic heterocycles. The van der Waals surface area contributed by atoms with Gasteiger partial charge in [0.05, 0.1) is 0 Å². The molecule has 1 aliphatic rings. The van der Waals surface area contributed by atoms with Crippen molar-refractivity contribution in [2.45, 2.75) is 78.3 Å². The summed E-state index contributed by atoms with van der Waals surface area (Å²) in [5.41, 5.74) is 1.47. The van der Waals surface area contributed by atoms with E-state index in [1.54, 1.807) is 0 Å². The molecule has 140 valence electrons. The van der Waals surface area contributed by atoms with Crippen LogP contribution < -0.4 is 0 Å². The molecular weight excluding hydrogens is 479 g/mol. The van der Waals surface area contributed by atoms with Crippen LogP contribution in [0.15, 0.2) is 16.8 Å². The van der Waals surface area contributed by atoms with E-state index in [0.29, 0.717) is 0 Å². The Hall–Kier alpha value is 0.345. The van der Waals surface area contributed by atoms with Crippen LogP contribution in [0.3, 0.4) is 0 Å². The molecule has 0 heterocycles. The van der Waals surface area contributed by atoms with Crippen molar-refractivity contribution in [1.29, 1.82) is 0 Å². The topological polar surface area (TPSA) is 9.23 Å². The molecule has 0 unspecified atom stereocenters. The van der Waals surface area contributed by atoms with Crippen LogP contribution in [0.4, 0.5) is 0 Å². The second-order valence-electron chi connectivity index (χ2n) is 5.94. The Balaban J connectivity index is -0.000000451. The maximum Gasteiger partial charge on any atom is 4.00 e. The molecule has 1 rings (SSSR count). The first-order valence-electron chi connectivity index (χ1n) is 8.06. The molecule has 1 nitrogen and oxygen atoms in total. The minimum Gasteiger partial charge on any atom is -0.431 e. The van der Waals surface area contributed by atoms with Crippen molar-refractivity contribution in [2.24, 2.45) is 0 Å². The van der Waals surface area contributed by atoms with Gasteiger partial charge in [-0.1, -0.05) is 65.0 Å². The standard InChI is InChI=1S/C17H31OSi.3CH3.Pt/c1-5-7-8-9-10-11-13-16-14-12-15-17(16)19(3,4)18-6-2;;;;/h15H,5-13H2,1-4H3;3*1H3;/q4*-1;+4. The number of hydrogen-bond donors (Lipinski definition) is 0. The Bertz CT molecular complexity index is 322. The first kappa shape index (κ1) is 31.1. The van der Waals surface area contributed by atoms with Gasteiger partial charge in [0.1, 0.15) is 8.32 Å². The summed E-state index contributed by atoms with van der Waals surface area (Å²) in [5, 5.41) is 1.52. The van der Waals surface area contributed by atoms with E-state index in [9.17, 15) is 0 Å². The van der Waals surface area contributed by atoms with Gasteiger partial charge >= 0.3 is 21.1 Å². The van der Waals surface area contributed by atoms with Crippen LogP contribution in [0.1, 0.15) is 65.2 Å². The van der Waals surface area contributed by atoms with E-state index >= 15 is 0 Å². The summed E-state index contributed by atoms with van der Waals surface area (Å²) in [6.45, 7) is 9.84. The van der Waals surface area contributed by atoms with Crippen molar-refractivity contribution in [2.75, 3.05) is 6.61 Å². The first-order chi connectivity index (χ1) is 9.11. The van der Waals surface area contributed by atoms with Gasteiger partial charge in [-0.15, -0.1) is 6.42 Å². The zero-order valence-electron chi connectivity index (χ0n) is 16.7. The summed E-state index contributed by atoms with van der Waals surface area (Å²) in [5.74, 6) is 0. The first-order valence-corrected chi connectivity index (χ1v) is 11.0. The van der Waals surface area contributed by atoms with Crippen molar-refractivity contribution < 1.29 is 25.5 Å². The smallest absolute Gasteiger partial charge is 0.431 e. The molecular formula is C20H40OPtSi. The van der Waals surface area contributed by atoms with Gasteiger partial charge < -0.3 is 26.7 Å². The van der Waals surface area contributed by atoms with Gasteiger partial charge in [-0.25, -0.2) is 5.57 Å². The van der Waals surface area contributed by atoms with Crippen LogP contribution in [0.2, 0.25) is 13.1 Å². The largest absolute Gasteiger partial charge is 4.00 e. The van der Waals surface area contributed by atoms with E-state index in [2.05, 4.69) is 39.1 Å². The molecule has 0 fully saturated rings. The average molecular weight is 520 g/mol. The maximum atomic E-state index is 6.01. The molecule has 0 spiro atoms. The molecule has 0 aromatic rings. The molecule has 0 saturated heterocycles. The number of unbranched alkanes of at least 4 members (excludes halogenated alkanes) is 5. The van der Waals surface area contributed by atoms with E-state index in [1.807, 2.05) is 0 Å². The molecule has 0 radical (unpaired) electrons. The predicted molar refractivity (Wildman–Crippen MR) is 106 cm³/mol. The van der Waals surface area contributed by atoms with Gasteiger partial charge in [0, 0.05) is 6.61 Å². The second-order valence-corrected chi connectivity index (χ2v) is 9.79. The molecule has 1 aliphatic carbocycles. The van der Waals surface area contributed by atoms with Crippen LogP contribution in [0.5, 0.6) is 0 Å². The predicted octanol–water partition coefficient (Wildman–Crippen LogP) is 6.93. The van der Waals surface area contributed by atoms with Crippen molar-refractivity contribution >= 4 is 8.32 Å². The van der Waals surface area contributed by atoms with Crippen molar-refractivity contribution in [1.82, 2.24) is 0 Å². The maximum absolute atomic E-state index is 6.01. The van der Waals surface area contributed by atoms with Gasteiger partial charge in [-0.2, -0.15) is 11.3 Å². The number of hydrogen-bond acceptors (Lipinski definition) is 1. The molecule has 0 aromatic heterocycles. The summed E-state index contributed by atoms with van der Waals surface area (Å²) in [4.78, 5) is 0. The molecule has 0 saturated carbocycles.